The normalized spacial score (nSPS) is 13.8. The van der Waals surface area contributed by atoms with Crippen LogP contribution in [0.25, 0.3) is 0 Å². The van der Waals surface area contributed by atoms with Crippen molar-refractivity contribution in [2.24, 2.45) is 0 Å². The number of piperidine rings is 1. The van der Waals surface area contributed by atoms with Gasteiger partial charge >= 0.3 is 0 Å². The number of anilines is 1. The van der Waals surface area contributed by atoms with E-state index in [0.29, 0.717) is 41.8 Å². The number of nitrogens with one attached hydrogen (secondary N) is 1. The standard InChI is InChI=1S/C28H28F2N2O4S/c1-35-23-13-20(14-24(16-23)36-2)28(34)32-11-9-19(10-12-32)18-3-6-22(7-4-18)31-27(33)17-37-26-8-5-21(29)15-25(26)30/h3-8,13-16,19H,9-12,17H2,1-2H3,(H,31,33). The second kappa shape index (κ2) is 12.1. The van der Waals surface area contributed by atoms with Gasteiger partial charge in [-0.05, 0) is 60.7 Å². The van der Waals surface area contributed by atoms with E-state index in [1.54, 1.807) is 32.4 Å². The van der Waals surface area contributed by atoms with Crippen molar-refractivity contribution < 1.29 is 27.8 Å². The van der Waals surface area contributed by atoms with Gasteiger partial charge in [-0.15, -0.1) is 11.8 Å². The van der Waals surface area contributed by atoms with Gasteiger partial charge in [-0.1, -0.05) is 12.1 Å². The van der Waals surface area contributed by atoms with Crippen molar-refractivity contribution >= 4 is 29.3 Å². The molecule has 9 heteroatoms. The molecular formula is C28H28F2N2O4S. The zero-order chi connectivity index (χ0) is 26.4. The van der Waals surface area contributed by atoms with Crippen molar-refractivity contribution in [1.82, 2.24) is 4.90 Å². The Morgan fingerprint density at radius 1 is 0.946 bits per heavy atom. The van der Waals surface area contributed by atoms with E-state index in [4.69, 9.17) is 9.47 Å². The van der Waals surface area contributed by atoms with Crippen LogP contribution in [-0.4, -0.2) is 49.8 Å². The van der Waals surface area contributed by atoms with Crippen LogP contribution in [0.5, 0.6) is 11.5 Å². The number of benzene rings is 3. The largest absolute Gasteiger partial charge is 0.497 e. The van der Waals surface area contributed by atoms with E-state index < -0.39 is 11.6 Å². The zero-order valence-electron chi connectivity index (χ0n) is 20.6. The van der Waals surface area contributed by atoms with Crippen LogP contribution in [0.3, 0.4) is 0 Å². The van der Waals surface area contributed by atoms with E-state index >= 15 is 0 Å². The molecule has 0 radical (unpaired) electrons. The number of carbonyl (C=O) groups excluding carboxylic acids is 2. The van der Waals surface area contributed by atoms with Crippen LogP contribution in [0.1, 0.15) is 34.7 Å². The Morgan fingerprint density at radius 3 is 2.19 bits per heavy atom. The average Bonchev–Trinajstić information content (AvgIpc) is 2.92. The molecule has 0 aromatic heterocycles. The molecule has 37 heavy (non-hydrogen) atoms. The molecule has 4 rings (SSSR count). The molecule has 1 N–H and O–H groups in total. The summed E-state index contributed by atoms with van der Waals surface area (Å²) in [6.45, 7) is 1.28. The molecule has 0 spiro atoms. The van der Waals surface area contributed by atoms with Crippen LogP contribution in [0.4, 0.5) is 14.5 Å². The summed E-state index contributed by atoms with van der Waals surface area (Å²) in [4.78, 5) is 27.4. The molecule has 3 aromatic carbocycles. The molecule has 3 aromatic rings. The van der Waals surface area contributed by atoms with Crippen LogP contribution in [-0.2, 0) is 4.79 Å². The van der Waals surface area contributed by atoms with Gasteiger partial charge in [0.05, 0.1) is 20.0 Å². The lowest BCUT2D eigenvalue weighted by Crippen LogP contribution is -2.37. The number of carbonyl (C=O) groups is 2. The fraction of sp³-hybridized carbons (Fsp3) is 0.286. The first-order valence-corrected chi connectivity index (χ1v) is 12.8. The third-order valence-corrected chi connectivity index (χ3v) is 7.35. The van der Waals surface area contributed by atoms with Crippen LogP contribution >= 0.6 is 11.8 Å². The predicted molar refractivity (Wildman–Crippen MR) is 140 cm³/mol. The van der Waals surface area contributed by atoms with Gasteiger partial charge < -0.3 is 19.7 Å². The van der Waals surface area contributed by atoms with Crippen LogP contribution in [0, 0.1) is 11.6 Å². The Kier molecular flexibility index (Phi) is 8.66. The summed E-state index contributed by atoms with van der Waals surface area (Å²) in [6.07, 6.45) is 1.66. The second-order valence-electron chi connectivity index (χ2n) is 8.70. The number of hydrogen-bond acceptors (Lipinski definition) is 5. The quantitative estimate of drug-likeness (QED) is 0.380. The number of thioether (sulfide) groups is 1. The first-order valence-electron chi connectivity index (χ1n) is 11.9. The fourth-order valence-corrected chi connectivity index (χ4v) is 5.02. The molecule has 194 valence electrons. The molecule has 0 aliphatic carbocycles. The zero-order valence-corrected chi connectivity index (χ0v) is 21.4. The SMILES string of the molecule is COc1cc(OC)cc(C(=O)N2CCC(c3ccc(NC(=O)CSc4ccc(F)cc4F)cc3)CC2)c1. The van der Waals surface area contributed by atoms with Crippen molar-refractivity contribution in [3.63, 3.8) is 0 Å². The highest BCUT2D eigenvalue weighted by atomic mass is 32.2. The lowest BCUT2D eigenvalue weighted by molar-refractivity contribution is -0.113. The number of hydrogen-bond donors (Lipinski definition) is 1. The third kappa shape index (κ3) is 6.80. The van der Waals surface area contributed by atoms with Gasteiger partial charge in [0.15, 0.2) is 0 Å². The van der Waals surface area contributed by atoms with Gasteiger partial charge in [0, 0.05) is 41.4 Å². The maximum atomic E-state index is 13.7. The van der Waals surface area contributed by atoms with Crippen molar-refractivity contribution in [2.45, 2.75) is 23.7 Å². The summed E-state index contributed by atoms with van der Waals surface area (Å²) in [5, 5.41) is 2.80. The minimum atomic E-state index is -0.682. The molecule has 0 unspecified atom stereocenters. The molecule has 1 fully saturated rings. The second-order valence-corrected chi connectivity index (χ2v) is 9.72. The van der Waals surface area contributed by atoms with Crippen molar-refractivity contribution in [3.8, 4) is 11.5 Å². The van der Waals surface area contributed by atoms with Gasteiger partial charge in [0.25, 0.3) is 5.91 Å². The van der Waals surface area contributed by atoms with Gasteiger partial charge in [-0.2, -0.15) is 0 Å². The number of ether oxygens (including phenoxy) is 2. The maximum Gasteiger partial charge on any atom is 0.254 e. The van der Waals surface area contributed by atoms with Crippen molar-refractivity contribution in [2.75, 3.05) is 38.4 Å². The van der Waals surface area contributed by atoms with E-state index in [1.165, 1.54) is 12.1 Å². The first kappa shape index (κ1) is 26.5. The van der Waals surface area contributed by atoms with Crippen LogP contribution < -0.4 is 14.8 Å². The Balaban J connectivity index is 1.28. The molecule has 1 aliphatic heterocycles. The summed E-state index contributed by atoms with van der Waals surface area (Å²) in [6, 6.07) is 16.1. The lowest BCUT2D eigenvalue weighted by atomic mass is 9.89. The van der Waals surface area contributed by atoms with Crippen LogP contribution in [0.2, 0.25) is 0 Å². The Labute approximate surface area is 219 Å². The molecule has 1 saturated heterocycles. The highest BCUT2D eigenvalue weighted by Gasteiger charge is 2.25. The Bertz CT molecular complexity index is 1240. The summed E-state index contributed by atoms with van der Waals surface area (Å²) < 4.78 is 37.3. The van der Waals surface area contributed by atoms with E-state index in [-0.39, 0.29) is 22.5 Å². The number of amides is 2. The number of methoxy groups -OCH3 is 2. The van der Waals surface area contributed by atoms with Gasteiger partial charge in [-0.25, -0.2) is 8.78 Å². The summed E-state index contributed by atoms with van der Waals surface area (Å²) in [5.74, 6) is -0.188. The minimum Gasteiger partial charge on any atom is -0.497 e. The highest BCUT2D eigenvalue weighted by molar-refractivity contribution is 8.00. The number of likely N-dealkylation sites (tertiary alicyclic amines) is 1. The molecule has 0 bridgehead atoms. The molecule has 2 amide bonds. The van der Waals surface area contributed by atoms with E-state index in [2.05, 4.69) is 5.32 Å². The molecule has 6 nitrogen and oxygen atoms in total. The van der Waals surface area contributed by atoms with Gasteiger partial charge in [0.2, 0.25) is 5.91 Å². The summed E-state index contributed by atoms with van der Waals surface area (Å²) in [5.41, 5.74) is 2.33. The first-order chi connectivity index (χ1) is 17.9. The molecule has 1 aliphatic rings. The van der Waals surface area contributed by atoms with Gasteiger partial charge in [0.1, 0.15) is 23.1 Å². The van der Waals surface area contributed by atoms with Crippen LogP contribution in [0.15, 0.2) is 65.6 Å². The Hall–Kier alpha value is -3.59. The third-order valence-electron chi connectivity index (χ3n) is 6.30. The van der Waals surface area contributed by atoms with Crippen molar-refractivity contribution in [1.29, 1.82) is 0 Å². The summed E-state index contributed by atoms with van der Waals surface area (Å²) in [7, 11) is 3.11. The molecule has 1 heterocycles. The smallest absolute Gasteiger partial charge is 0.254 e. The highest BCUT2D eigenvalue weighted by Crippen LogP contribution is 2.31. The van der Waals surface area contributed by atoms with E-state index in [1.807, 2.05) is 29.2 Å². The molecule has 0 saturated carbocycles. The Morgan fingerprint density at radius 2 is 1.59 bits per heavy atom. The summed E-state index contributed by atoms with van der Waals surface area (Å²) >= 11 is 1.01. The van der Waals surface area contributed by atoms with E-state index in [9.17, 15) is 18.4 Å². The fourth-order valence-electron chi connectivity index (χ4n) is 4.30. The van der Waals surface area contributed by atoms with Crippen molar-refractivity contribution in [3.05, 3.63) is 83.4 Å². The molecular weight excluding hydrogens is 498 g/mol. The minimum absolute atomic E-state index is 0.00988. The van der Waals surface area contributed by atoms with Gasteiger partial charge in [-0.3, -0.25) is 9.59 Å². The average molecular weight is 527 g/mol. The number of halogens is 2. The number of nitrogens with zero attached hydrogens (tertiary/aromatic N) is 1. The lowest BCUT2D eigenvalue weighted by Gasteiger charge is -2.32. The topological polar surface area (TPSA) is 67.9 Å². The molecule has 0 atom stereocenters. The predicted octanol–water partition coefficient (Wildman–Crippen LogP) is 5.73. The monoisotopic (exact) mass is 526 g/mol. The maximum absolute atomic E-state index is 13.7. The van der Waals surface area contributed by atoms with E-state index in [0.717, 1.165) is 36.2 Å². The number of rotatable bonds is 8.